The number of nitrogens with one attached hydrogen (secondary N) is 1. The second-order valence-electron chi connectivity index (χ2n) is 7.45. The van der Waals surface area contributed by atoms with Crippen LogP contribution >= 0.6 is 11.8 Å². The van der Waals surface area contributed by atoms with Gasteiger partial charge in [-0.05, 0) is 30.5 Å². The average Bonchev–Trinajstić information content (AvgIpc) is 3.56. The molecule has 1 aromatic carbocycles. The highest BCUT2D eigenvalue weighted by atomic mass is 32.2. The smallest absolute Gasteiger partial charge is 0.338 e. The van der Waals surface area contributed by atoms with Crippen LogP contribution in [-0.2, 0) is 9.53 Å². The van der Waals surface area contributed by atoms with Crippen LogP contribution in [0, 0.1) is 0 Å². The molecule has 2 aromatic heterocycles. The Balaban J connectivity index is 1.57. The summed E-state index contributed by atoms with van der Waals surface area (Å²) in [6.45, 7) is 0. The fraction of sp³-hybridized carbons (Fsp3) is 0.273. The summed E-state index contributed by atoms with van der Waals surface area (Å²) in [5.41, 5.74) is 2.71. The highest BCUT2D eigenvalue weighted by Gasteiger charge is 2.44. The Morgan fingerprint density at radius 2 is 1.94 bits per heavy atom. The third-order valence-corrected chi connectivity index (χ3v) is 6.40. The van der Waals surface area contributed by atoms with Crippen LogP contribution < -0.4 is 5.32 Å². The van der Waals surface area contributed by atoms with E-state index in [2.05, 4.69) is 15.5 Å². The van der Waals surface area contributed by atoms with E-state index in [1.165, 1.54) is 18.9 Å². The van der Waals surface area contributed by atoms with Crippen LogP contribution in [0.5, 0.6) is 0 Å². The summed E-state index contributed by atoms with van der Waals surface area (Å²) in [7, 11) is 1.37. The summed E-state index contributed by atoms with van der Waals surface area (Å²) in [6, 6.07) is 14.5. The fourth-order valence-electron chi connectivity index (χ4n) is 3.84. The van der Waals surface area contributed by atoms with Crippen LogP contribution in [0.4, 0.5) is 4.79 Å². The second kappa shape index (κ2) is 8.07. The molecule has 0 spiro atoms. The Labute approximate surface area is 183 Å². The molecule has 1 saturated carbocycles. The molecule has 2 aliphatic rings. The molecule has 9 heteroatoms. The first-order valence-corrected chi connectivity index (χ1v) is 11.0. The van der Waals surface area contributed by atoms with E-state index in [-0.39, 0.29) is 12.1 Å². The van der Waals surface area contributed by atoms with Crippen molar-refractivity contribution in [2.24, 2.45) is 0 Å². The van der Waals surface area contributed by atoms with Crippen molar-refractivity contribution in [2.45, 2.75) is 30.1 Å². The minimum Gasteiger partial charge on any atom is -0.466 e. The van der Waals surface area contributed by atoms with Crippen molar-refractivity contribution in [3.05, 3.63) is 71.6 Å². The number of benzene rings is 1. The van der Waals surface area contributed by atoms with Gasteiger partial charge in [-0.15, -0.1) is 10.2 Å². The minimum absolute atomic E-state index is 0.0992. The molecule has 1 aliphatic carbocycles. The molecular formula is C22H21N5O3S. The number of urea groups is 1. The number of amides is 2. The van der Waals surface area contributed by atoms with Gasteiger partial charge in [-0.2, -0.15) is 0 Å². The van der Waals surface area contributed by atoms with E-state index in [4.69, 9.17) is 4.74 Å². The third kappa shape index (κ3) is 3.65. The predicted octanol–water partition coefficient (Wildman–Crippen LogP) is 3.18. The van der Waals surface area contributed by atoms with Crippen molar-refractivity contribution in [1.29, 1.82) is 0 Å². The molecule has 0 unspecified atom stereocenters. The molecule has 3 heterocycles. The van der Waals surface area contributed by atoms with Gasteiger partial charge in [0.25, 0.3) is 0 Å². The maximum absolute atomic E-state index is 13.1. The first kappa shape index (κ1) is 19.6. The lowest BCUT2D eigenvalue weighted by atomic mass is 9.95. The molecule has 3 aromatic rings. The maximum Gasteiger partial charge on any atom is 0.338 e. The number of esters is 1. The minimum atomic E-state index is -0.568. The number of thioether (sulfide) groups is 1. The Bertz CT molecular complexity index is 1170. The average molecular weight is 436 g/mol. The van der Waals surface area contributed by atoms with E-state index < -0.39 is 12.0 Å². The quantitative estimate of drug-likeness (QED) is 0.473. The summed E-state index contributed by atoms with van der Waals surface area (Å²) in [5.74, 6) is -0.0471. The van der Waals surface area contributed by atoms with Gasteiger partial charge in [0.15, 0.2) is 10.8 Å². The monoisotopic (exact) mass is 435 g/mol. The molecule has 5 rings (SSSR count). The van der Waals surface area contributed by atoms with Crippen LogP contribution in [-0.4, -0.2) is 50.4 Å². The van der Waals surface area contributed by atoms with E-state index in [0.29, 0.717) is 22.2 Å². The van der Waals surface area contributed by atoms with Crippen molar-refractivity contribution >= 4 is 29.4 Å². The lowest BCUT2D eigenvalue weighted by Gasteiger charge is -2.36. The highest BCUT2D eigenvalue weighted by Crippen LogP contribution is 2.39. The van der Waals surface area contributed by atoms with Crippen LogP contribution in [0.15, 0.2) is 71.2 Å². The number of pyridine rings is 1. The fourth-order valence-corrected chi connectivity index (χ4v) is 4.79. The van der Waals surface area contributed by atoms with E-state index in [9.17, 15) is 9.59 Å². The zero-order valence-corrected chi connectivity index (χ0v) is 17.7. The van der Waals surface area contributed by atoms with Crippen LogP contribution in [0.3, 0.4) is 0 Å². The number of carbonyl (C=O) groups excluding carboxylic acids is 2. The zero-order valence-electron chi connectivity index (χ0n) is 16.9. The van der Waals surface area contributed by atoms with Gasteiger partial charge in [0.2, 0.25) is 0 Å². The molecule has 1 atom stereocenters. The van der Waals surface area contributed by atoms with Crippen molar-refractivity contribution in [1.82, 2.24) is 24.8 Å². The van der Waals surface area contributed by atoms with Crippen molar-refractivity contribution in [2.75, 3.05) is 12.9 Å². The number of carbonyl (C=O) groups is 2. The number of fused-ring (bicyclic) bond motifs is 1. The Hall–Kier alpha value is -3.33. The zero-order chi connectivity index (χ0) is 21.4. The van der Waals surface area contributed by atoms with E-state index in [1.54, 1.807) is 4.90 Å². The van der Waals surface area contributed by atoms with E-state index >= 15 is 0 Å². The number of aromatic nitrogens is 3. The second-order valence-corrected chi connectivity index (χ2v) is 8.39. The Morgan fingerprint density at radius 1 is 1.16 bits per heavy atom. The van der Waals surface area contributed by atoms with Gasteiger partial charge in [-0.3, -0.25) is 9.30 Å². The van der Waals surface area contributed by atoms with Crippen LogP contribution in [0.1, 0.15) is 24.4 Å². The summed E-state index contributed by atoms with van der Waals surface area (Å²) in [4.78, 5) is 27.7. The largest absolute Gasteiger partial charge is 0.466 e. The van der Waals surface area contributed by atoms with Crippen LogP contribution in [0.2, 0.25) is 0 Å². The molecule has 0 saturated heterocycles. The van der Waals surface area contributed by atoms with Gasteiger partial charge >= 0.3 is 12.0 Å². The molecule has 0 radical (unpaired) electrons. The molecule has 1 N–H and O–H groups in total. The van der Waals surface area contributed by atoms with Gasteiger partial charge < -0.3 is 10.1 Å². The standard InChI is InChI=1S/C22H21N5O3S/c1-30-20(28)18-16(13-31-22-25-24-17-9-5-6-12-26(17)22)27(15-10-11-15)21(29)23-19(18)14-7-3-2-4-8-14/h2-9,12,15,19H,10-11,13H2,1H3,(H,23,29)/t19-/m1/s1. The Kier molecular flexibility index (Phi) is 5.11. The van der Waals surface area contributed by atoms with Crippen LogP contribution in [0.25, 0.3) is 5.65 Å². The summed E-state index contributed by atoms with van der Waals surface area (Å²) >= 11 is 1.44. The Morgan fingerprint density at radius 3 is 2.68 bits per heavy atom. The van der Waals surface area contributed by atoms with Gasteiger partial charge in [0.05, 0.1) is 18.7 Å². The predicted molar refractivity (Wildman–Crippen MR) is 115 cm³/mol. The molecule has 1 fully saturated rings. The normalized spacial score (nSPS) is 18.9. The molecule has 0 bridgehead atoms. The number of hydrogen-bond acceptors (Lipinski definition) is 6. The topological polar surface area (TPSA) is 88.8 Å². The first-order chi connectivity index (χ1) is 15.2. The van der Waals surface area contributed by atoms with Crippen molar-refractivity contribution < 1.29 is 14.3 Å². The van der Waals surface area contributed by atoms with Gasteiger partial charge in [-0.25, -0.2) is 9.59 Å². The van der Waals surface area contributed by atoms with Gasteiger partial charge in [-0.1, -0.05) is 48.2 Å². The summed E-state index contributed by atoms with van der Waals surface area (Å²) in [6.07, 6.45) is 3.73. The number of methoxy groups -OCH3 is 1. The molecule has 8 nitrogen and oxygen atoms in total. The van der Waals surface area contributed by atoms with Crippen molar-refractivity contribution in [3.8, 4) is 0 Å². The molecule has 2 amide bonds. The number of nitrogens with zero attached hydrogens (tertiary/aromatic N) is 4. The molecular weight excluding hydrogens is 414 g/mol. The van der Waals surface area contributed by atoms with Crippen molar-refractivity contribution in [3.63, 3.8) is 0 Å². The number of hydrogen-bond donors (Lipinski definition) is 1. The number of rotatable bonds is 6. The van der Waals surface area contributed by atoms with Gasteiger partial charge in [0, 0.05) is 23.7 Å². The molecule has 31 heavy (non-hydrogen) atoms. The molecule has 1 aliphatic heterocycles. The first-order valence-electron chi connectivity index (χ1n) is 10.1. The summed E-state index contributed by atoms with van der Waals surface area (Å²) < 4.78 is 7.04. The SMILES string of the molecule is COC(=O)C1=C(CSc2nnc3ccccn23)N(C2CC2)C(=O)N[C@@H]1c1ccccc1. The lowest BCUT2D eigenvalue weighted by molar-refractivity contribution is -0.136. The van der Waals surface area contributed by atoms with Gasteiger partial charge in [0.1, 0.15) is 0 Å². The van der Waals surface area contributed by atoms with E-state index in [0.717, 1.165) is 24.1 Å². The van der Waals surface area contributed by atoms with E-state index in [1.807, 2.05) is 59.1 Å². The highest BCUT2D eigenvalue weighted by molar-refractivity contribution is 7.99. The summed E-state index contributed by atoms with van der Waals surface area (Å²) in [5, 5.41) is 12.2. The molecule has 158 valence electrons. The maximum atomic E-state index is 13.1. The third-order valence-electron chi connectivity index (χ3n) is 5.45. The number of ether oxygens (including phenoxy) is 1. The lowest BCUT2D eigenvalue weighted by Crippen LogP contribution is -2.50.